The van der Waals surface area contributed by atoms with E-state index < -0.39 is 0 Å². The van der Waals surface area contributed by atoms with Crippen LogP contribution in [0.3, 0.4) is 0 Å². The summed E-state index contributed by atoms with van der Waals surface area (Å²) < 4.78 is 6.87. The lowest BCUT2D eigenvalue weighted by Crippen LogP contribution is -2.11. The fourth-order valence-electron chi connectivity index (χ4n) is 2.28. The van der Waals surface area contributed by atoms with Crippen molar-refractivity contribution in [2.24, 2.45) is 0 Å². The number of esters is 1. The van der Waals surface area contributed by atoms with Crippen LogP contribution in [0, 0.1) is 13.8 Å². The summed E-state index contributed by atoms with van der Waals surface area (Å²) >= 11 is 1.66. The third-order valence-electron chi connectivity index (χ3n) is 3.56. The molecule has 1 fully saturated rings. The average Bonchev–Trinajstić information content (AvgIpc) is 3.12. The van der Waals surface area contributed by atoms with Gasteiger partial charge >= 0.3 is 5.97 Å². The third-order valence-corrected chi connectivity index (χ3v) is 4.62. The largest absolute Gasteiger partial charge is 0.461 e. The predicted octanol–water partition coefficient (Wildman–Crippen LogP) is 2.45. The van der Waals surface area contributed by atoms with Crippen LogP contribution in [0.2, 0.25) is 0 Å². The fraction of sp³-hybridized carbons (Fsp3) is 0.571. The number of aryl methyl sites for hydroxylation is 2. The molecule has 0 spiro atoms. The molecule has 0 saturated heterocycles. The van der Waals surface area contributed by atoms with Gasteiger partial charge in [0.1, 0.15) is 5.01 Å². The Balaban J connectivity index is 1.90. The SMILES string of the molecule is CCOC(=O)c1nnn(Cc2nc(C)c(C)s2)c1C1CC1. The molecule has 21 heavy (non-hydrogen) atoms. The van der Waals surface area contributed by atoms with Crippen LogP contribution >= 0.6 is 11.3 Å². The molecule has 6 nitrogen and oxygen atoms in total. The number of nitrogens with zero attached hydrogens (tertiary/aromatic N) is 4. The van der Waals surface area contributed by atoms with Gasteiger partial charge in [0, 0.05) is 10.8 Å². The van der Waals surface area contributed by atoms with E-state index in [4.69, 9.17) is 4.74 Å². The van der Waals surface area contributed by atoms with Gasteiger partial charge in [-0.05, 0) is 33.6 Å². The number of hydrogen-bond acceptors (Lipinski definition) is 6. The summed E-state index contributed by atoms with van der Waals surface area (Å²) in [6.45, 7) is 6.77. The van der Waals surface area contributed by atoms with Gasteiger partial charge in [0.05, 0.1) is 24.5 Å². The van der Waals surface area contributed by atoms with Crippen LogP contribution in [-0.4, -0.2) is 32.6 Å². The molecule has 2 aromatic heterocycles. The molecule has 0 bridgehead atoms. The number of carbonyl (C=O) groups is 1. The van der Waals surface area contributed by atoms with E-state index in [0.29, 0.717) is 24.8 Å². The van der Waals surface area contributed by atoms with E-state index in [2.05, 4.69) is 22.2 Å². The lowest BCUT2D eigenvalue weighted by Gasteiger charge is -2.05. The van der Waals surface area contributed by atoms with Gasteiger partial charge in [-0.3, -0.25) is 0 Å². The fourth-order valence-corrected chi connectivity index (χ4v) is 3.19. The summed E-state index contributed by atoms with van der Waals surface area (Å²) in [6, 6.07) is 0. The lowest BCUT2D eigenvalue weighted by atomic mass is 10.2. The second-order valence-corrected chi connectivity index (χ2v) is 6.51. The molecule has 0 N–H and O–H groups in total. The van der Waals surface area contributed by atoms with Gasteiger partial charge in [-0.1, -0.05) is 5.21 Å². The molecule has 1 aliphatic rings. The highest BCUT2D eigenvalue weighted by Gasteiger charge is 2.34. The average molecular weight is 306 g/mol. The van der Waals surface area contributed by atoms with Crippen molar-refractivity contribution in [1.29, 1.82) is 0 Å². The molecule has 0 unspecified atom stereocenters. The van der Waals surface area contributed by atoms with Crippen molar-refractivity contribution in [3.63, 3.8) is 0 Å². The van der Waals surface area contributed by atoms with E-state index in [1.54, 1.807) is 18.3 Å². The molecule has 1 aliphatic carbocycles. The highest BCUT2D eigenvalue weighted by atomic mass is 32.1. The van der Waals surface area contributed by atoms with Crippen LogP contribution in [0.4, 0.5) is 0 Å². The Morgan fingerprint density at radius 1 is 1.43 bits per heavy atom. The van der Waals surface area contributed by atoms with Crippen molar-refractivity contribution in [3.05, 3.63) is 27.0 Å². The van der Waals surface area contributed by atoms with Gasteiger partial charge in [-0.15, -0.1) is 16.4 Å². The van der Waals surface area contributed by atoms with Crippen molar-refractivity contribution in [2.75, 3.05) is 6.61 Å². The van der Waals surface area contributed by atoms with Crippen molar-refractivity contribution in [2.45, 2.75) is 46.1 Å². The van der Waals surface area contributed by atoms with E-state index >= 15 is 0 Å². The van der Waals surface area contributed by atoms with E-state index in [0.717, 1.165) is 29.2 Å². The number of carbonyl (C=O) groups excluding carboxylic acids is 1. The highest BCUT2D eigenvalue weighted by Crippen LogP contribution is 2.41. The molecule has 0 radical (unpaired) electrons. The van der Waals surface area contributed by atoms with E-state index in [9.17, 15) is 4.79 Å². The second-order valence-electron chi connectivity index (χ2n) is 5.22. The normalized spacial score (nSPS) is 14.4. The first-order valence-corrected chi connectivity index (χ1v) is 7.95. The second kappa shape index (κ2) is 5.55. The molecule has 0 atom stereocenters. The van der Waals surface area contributed by atoms with Crippen LogP contribution in [-0.2, 0) is 11.3 Å². The molecule has 0 amide bonds. The molecular formula is C14H18N4O2S. The van der Waals surface area contributed by atoms with Gasteiger partial charge in [-0.2, -0.15) is 0 Å². The van der Waals surface area contributed by atoms with Crippen LogP contribution in [0.25, 0.3) is 0 Å². The summed E-state index contributed by atoms with van der Waals surface area (Å²) in [7, 11) is 0. The van der Waals surface area contributed by atoms with Gasteiger partial charge in [-0.25, -0.2) is 14.5 Å². The van der Waals surface area contributed by atoms with Crippen molar-refractivity contribution in [1.82, 2.24) is 20.0 Å². The summed E-state index contributed by atoms with van der Waals surface area (Å²) in [4.78, 5) is 17.7. The minimum atomic E-state index is -0.378. The van der Waals surface area contributed by atoms with Gasteiger partial charge < -0.3 is 4.74 Å². The number of hydrogen-bond donors (Lipinski definition) is 0. The maximum absolute atomic E-state index is 12.0. The van der Waals surface area contributed by atoms with Crippen molar-refractivity contribution >= 4 is 17.3 Å². The number of aromatic nitrogens is 4. The Bertz CT molecular complexity index is 653. The number of ether oxygens (including phenoxy) is 1. The quantitative estimate of drug-likeness (QED) is 0.794. The zero-order chi connectivity index (χ0) is 15.0. The van der Waals surface area contributed by atoms with E-state index in [1.807, 2.05) is 11.6 Å². The molecule has 7 heteroatoms. The van der Waals surface area contributed by atoms with Gasteiger partial charge in [0.15, 0.2) is 5.69 Å². The third kappa shape index (κ3) is 2.83. The Labute approximate surface area is 127 Å². The number of thiazole rings is 1. The first kappa shape index (κ1) is 14.2. The first-order chi connectivity index (χ1) is 10.1. The Morgan fingerprint density at radius 3 is 2.76 bits per heavy atom. The number of rotatable bonds is 5. The standard InChI is InChI=1S/C14H18N4O2S/c1-4-20-14(19)12-13(10-5-6-10)18(17-16-12)7-11-15-8(2)9(3)21-11/h10H,4-7H2,1-3H3. The minimum Gasteiger partial charge on any atom is -0.461 e. The van der Waals surface area contributed by atoms with Crippen LogP contribution in [0.15, 0.2) is 0 Å². The Kier molecular flexibility index (Phi) is 3.75. The minimum absolute atomic E-state index is 0.348. The summed E-state index contributed by atoms with van der Waals surface area (Å²) in [5, 5.41) is 9.18. The highest BCUT2D eigenvalue weighted by molar-refractivity contribution is 7.11. The van der Waals surface area contributed by atoms with Crippen LogP contribution in [0.1, 0.15) is 57.4 Å². The molecule has 0 aromatic carbocycles. The Hall–Kier alpha value is -1.76. The molecule has 0 aliphatic heterocycles. The molecule has 112 valence electrons. The molecular weight excluding hydrogens is 288 g/mol. The van der Waals surface area contributed by atoms with Crippen LogP contribution < -0.4 is 0 Å². The molecule has 2 aromatic rings. The predicted molar refractivity (Wildman–Crippen MR) is 78.6 cm³/mol. The van der Waals surface area contributed by atoms with E-state index in [-0.39, 0.29) is 5.97 Å². The zero-order valence-electron chi connectivity index (χ0n) is 12.4. The van der Waals surface area contributed by atoms with Gasteiger partial charge in [0.25, 0.3) is 0 Å². The topological polar surface area (TPSA) is 69.9 Å². The lowest BCUT2D eigenvalue weighted by molar-refractivity contribution is 0.0518. The molecule has 3 rings (SSSR count). The maximum Gasteiger partial charge on any atom is 0.360 e. The zero-order valence-corrected chi connectivity index (χ0v) is 13.2. The first-order valence-electron chi connectivity index (χ1n) is 7.13. The monoisotopic (exact) mass is 306 g/mol. The molecule has 1 saturated carbocycles. The maximum atomic E-state index is 12.0. The summed E-state index contributed by atoms with van der Waals surface area (Å²) in [5.74, 6) is -0.00119. The van der Waals surface area contributed by atoms with Crippen molar-refractivity contribution < 1.29 is 9.53 Å². The van der Waals surface area contributed by atoms with Crippen molar-refractivity contribution in [3.8, 4) is 0 Å². The summed E-state index contributed by atoms with van der Waals surface area (Å²) in [6.07, 6.45) is 2.16. The van der Waals surface area contributed by atoms with E-state index in [1.165, 1.54) is 4.88 Å². The Morgan fingerprint density at radius 2 is 2.19 bits per heavy atom. The van der Waals surface area contributed by atoms with Crippen LogP contribution in [0.5, 0.6) is 0 Å². The van der Waals surface area contributed by atoms with Gasteiger partial charge in [0.2, 0.25) is 0 Å². The molecule has 2 heterocycles. The smallest absolute Gasteiger partial charge is 0.360 e. The summed E-state index contributed by atoms with van der Waals surface area (Å²) in [5.41, 5.74) is 2.32.